The van der Waals surface area contributed by atoms with Crippen molar-refractivity contribution in [3.8, 4) is 0 Å². The highest BCUT2D eigenvalue weighted by Gasteiger charge is 2.59. The van der Waals surface area contributed by atoms with Gasteiger partial charge in [0.1, 0.15) is 5.60 Å². The molecule has 0 bridgehead atoms. The highest BCUT2D eigenvalue weighted by Crippen LogP contribution is 2.51. The van der Waals surface area contributed by atoms with E-state index in [9.17, 15) is 0 Å². The zero-order valence-electron chi connectivity index (χ0n) is 14.5. The van der Waals surface area contributed by atoms with Gasteiger partial charge in [-0.15, -0.1) is 0 Å². The largest absolute Gasteiger partial charge is 0.347 e. The predicted octanol–water partition coefficient (Wildman–Crippen LogP) is 5.51. The van der Waals surface area contributed by atoms with E-state index in [2.05, 4.69) is 62.4 Å². The topological polar surface area (TPSA) is 21.6 Å². The van der Waals surface area contributed by atoms with Crippen LogP contribution in [-0.2, 0) is 10.3 Å². The third kappa shape index (κ3) is 2.59. The first kappa shape index (κ1) is 15.8. The Labute approximate surface area is 148 Å². The SMILES string of the molecule is CC1(C)OC(c2ccccc2)(c2ccccc2)C1=Nc1ccccc1. The van der Waals surface area contributed by atoms with Crippen molar-refractivity contribution in [2.45, 2.75) is 25.0 Å². The number of hydrogen-bond acceptors (Lipinski definition) is 2. The summed E-state index contributed by atoms with van der Waals surface area (Å²) in [5, 5.41) is 0. The number of rotatable bonds is 3. The molecule has 1 fully saturated rings. The Bertz CT molecular complexity index is 844. The molecule has 3 aromatic carbocycles. The Morgan fingerprint density at radius 3 is 1.52 bits per heavy atom. The van der Waals surface area contributed by atoms with Crippen LogP contribution in [0.4, 0.5) is 5.69 Å². The first-order valence-corrected chi connectivity index (χ1v) is 8.59. The smallest absolute Gasteiger partial charge is 0.160 e. The van der Waals surface area contributed by atoms with E-state index in [-0.39, 0.29) is 0 Å². The average Bonchev–Trinajstić information content (AvgIpc) is 2.66. The number of nitrogens with zero attached hydrogens (tertiary/aromatic N) is 1. The number of hydrogen-bond donors (Lipinski definition) is 0. The average molecular weight is 327 g/mol. The molecule has 124 valence electrons. The van der Waals surface area contributed by atoms with E-state index in [1.807, 2.05) is 42.5 Å². The van der Waals surface area contributed by atoms with Crippen LogP contribution in [0.2, 0.25) is 0 Å². The summed E-state index contributed by atoms with van der Waals surface area (Å²) in [7, 11) is 0. The molecule has 1 saturated heterocycles. The zero-order valence-corrected chi connectivity index (χ0v) is 14.5. The molecule has 0 aliphatic carbocycles. The normalized spacial score (nSPS) is 19.4. The van der Waals surface area contributed by atoms with Gasteiger partial charge in [0.2, 0.25) is 0 Å². The minimum Gasteiger partial charge on any atom is -0.347 e. The van der Waals surface area contributed by atoms with Crippen molar-refractivity contribution in [2.75, 3.05) is 0 Å². The van der Waals surface area contributed by atoms with E-state index < -0.39 is 11.2 Å². The van der Waals surface area contributed by atoms with Crippen LogP contribution in [0.5, 0.6) is 0 Å². The Hall–Kier alpha value is -2.71. The quantitative estimate of drug-likeness (QED) is 0.621. The minimum absolute atomic E-state index is 0.415. The monoisotopic (exact) mass is 327 g/mol. The van der Waals surface area contributed by atoms with E-state index >= 15 is 0 Å². The molecule has 2 nitrogen and oxygen atoms in total. The van der Waals surface area contributed by atoms with Gasteiger partial charge >= 0.3 is 0 Å². The van der Waals surface area contributed by atoms with Crippen LogP contribution in [0.15, 0.2) is 96.0 Å². The van der Waals surface area contributed by atoms with Gasteiger partial charge in [0.25, 0.3) is 0 Å². The van der Waals surface area contributed by atoms with Crippen LogP contribution >= 0.6 is 0 Å². The van der Waals surface area contributed by atoms with Gasteiger partial charge in [0.05, 0.1) is 11.4 Å². The molecule has 0 unspecified atom stereocenters. The summed E-state index contributed by atoms with van der Waals surface area (Å²) in [5.41, 5.74) is 3.14. The van der Waals surface area contributed by atoms with Crippen LogP contribution in [0.1, 0.15) is 25.0 Å². The van der Waals surface area contributed by atoms with Crippen molar-refractivity contribution in [1.82, 2.24) is 0 Å². The summed E-state index contributed by atoms with van der Waals surface area (Å²) in [6, 6.07) is 30.8. The van der Waals surface area contributed by atoms with Crippen molar-refractivity contribution in [2.24, 2.45) is 4.99 Å². The molecule has 2 heteroatoms. The molecule has 0 N–H and O–H groups in total. The lowest BCUT2D eigenvalue weighted by molar-refractivity contribution is -0.113. The van der Waals surface area contributed by atoms with Crippen molar-refractivity contribution < 1.29 is 4.74 Å². The van der Waals surface area contributed by atoms with Gasteiger partial charge in [-0.2, -0.15) is 0 Å². The maximum absolute atomic E-state index is 6.54. The molecule has 0 atom stereocenters. The van der Waals surface area contributed by atoms with Crippen molar-refractivity contribution >= 4 is 11.4 Å². The minimum atomic E-state index is -0.637. The summed E-state index contributed by atoms with van der Waals surface area (Å²) < 4.78 is 6.54. The summed E-state index contributed by atoms with van der Waals surface area (Å²) >= 11 is 0. The molecule has 1 aliphatic rings. The van der Waals surface area contributed by atoms with Crippen LogP contribution in [-0.4, -0.2) is 11.3 Å². The third-order valence-corrected chi connectivity index (χ3v) is 4.67. The Kier molecular flexibility index (Phi) is 3.78. The first-order valence-electron chi connectivity index (χ1n) is 8.59. The number of aliphatic imine (C=N–C) groups is 1. The van der Waals surface area contributed by atoms with E-state index in [0.717, 1.165) is 22.5 Å². The molecular weight excluding hydrogens is 306 g/mol. The summed E-state index contributed by atoms with van der Waals surface area (Å²) in [6.07, 6.45) is 0. The van der Waals surface area contributed by atoms with Gasteiger partial charge < -0.3 is 4.74 Å². The highest BCUT2D eigenvalue weighted by atomic mass is 16.6. The molecule has 0 saturated carbocycles. The first-order chi connectivity index (χ1) is 12.1. The fourth-order valence-corrected chi connectivity index (χ4v) is 3.61. The summed E-state index contributed by atoms with van der Waals surface area (Å²) in [4.78, 5) is 5.02. The van der Waals surface area contributed by atoms with E-state index in [1.165, 1.54) is 0 Å². The standard InChI is InChI=1S/C23H21NO/c1-22(2)21(24-20-16-10-5-11-17-20)23(25-22,18-12-6-3-7-13-18)19-14-8-4-9-15-19/h3-17H,1-2H3. The third-order valence-electron chi connectivity index (χ3n) is 4.67. The maximum atomic E-state index is 6.54. The molecular formula is C23H21NO. The lowest BCUT2D eigenvalue weighted by Gasteiger charge is -2.55. The summed E-state index contributed by atoms with van der Waals surface area (Å²) in [6.45, 7) is 4.16. The Balaban J connectivity index is 1.94. The van der Waals surface area contributed by atoms with Gasteiger partial charge in [-0.1, -0.05) is 78.9 Å². The molecule has 0 spiro atoms. The molecule has 1 heterocycles. The Morgan fingerprint density at radius 2 is 1.08 bits per heavy atom. The molecule has 4 rings (SSSR count). The number of para-hydroxylation sites is 1. The van der Waals surface area contributed by atoms with Gasteiger partial charge in [-0.25, -0.2) is 0 Å². The van der Waals surface area contributed by atoms with Crippen LogP contribution in [0, 0.1) is 0 Å². The van der Waals surface area contributed by atoms with E-state index in [0.29, 0.717) is 0 Å². The van der Waals surface area contributed by atoms with Crippen molar-refractivity contribution in [3.05, 3.63) is 102 Å². The second-order valence-electron chi connectivity index (χ2n) is 6.82. The highest BCUT2D eigenvalue weighted by molar-refractivity contribution is 6.08. The fraction of sp³-hybridized carbons (Fsp3) is 0.174. The molecule has 3 aromatic rings. The fourth-order valence-electron chi connectivity index (χ4n) is 3.61. The number of benzene rings is 3. The number of ether oxygens (including phenoxy) is 1. The second-order valence-corrected chi connectivity index (χ2v) is 6.82. The summed E-state index contributed by atoms with van der Waals surface area (Å²) in [5.74, 6) is 0. The van der Waals surface area contributed by atoms with E-state index in [1.54, 1.807) is 0 Å². The van der Waals surface area contributed by atoms with E-state index in [4.69, 9.17) is 9.73 Å². The van der Waals surface area contributed by atoms with Crippen LogP contribution < -0.4 is 0 Å². The van der Waals surface area contributed by atoms with Crippen molar-refractivity contribution in [3.63, 3.8) is 0 Å². The Morgan fingerprint density at radius 1 is 0.640 bits per heavy atom. The van der Waals surface area contributed by atoms with Crippen LogP contribution in [0.25, 0.3) is 0 Å². The van der Waals surface area contributed by atoms with Gasteiger partial charge in [0.15, 0.2) is 5.60 Å². The lowest BCUT2D eigenvalue weighted by Crippen LogP contribution is -2.65. The maximum Gasteiger partial charge on any atom is 0.160 e. The lowest BCUT2D eigenvalue weighted by atomic mass is 9.70. The van der Waals surface area contributed by atoms with Gasteiger partial charge in [-0.3, -0.25) is 4.99 Å². The molecule has 0 amide bonds. The molecule has 0 radical (unpaired) electrons. The zero-order chi connectivity index (χ0) is 17.3. The molecule has 1 aliphatic heterocycles. The predicted molar refractivity (Wildman–Crippen MR) is 102 cm³/mol. The van der Waals surface area contributed by atoms with Crippen molar-refractivity contribution in [1.29, 1.82) is 0 Å². The van der Waals surface area contributed by atoms with Gasteiger partial charge in [-0.05, 0) is 37.1 Å². The van der Waals surface area contributed by atoms with Gasteiger partial charge in [0, 0.05) is 0 Å². The molecule has 0 aromatic heterocycles. The molecule has 25 heavy (non-hydrogen) atoms. The van der Waals surface area contributed by atoms with Crippen LogP contribution in [0.3, 0.4) is 0 Å². The second kappa shape index (κ2) is 5.98.